The molecular weight excluding hydrogens is 416 g/mol. The zero-order chi connectivity index (χ0) is 25.4. The predicted octanol–water partition coefficient (Wildman–Crippen LogP) is 6.21. The normalized spacial score (nSPS) is 12.7. The number of hydrogen-bond acceptors (Lipinski definition) is 2. The Morgan fingerprint density at radius 1 is 0.618 bits per heavy atom. The van der Waals surface area contributed by atoms with Gasteiger partial charge in [0.2, 0.25) is 0 Å². The summed E-state index contributed by atoms with van der Waals surface area (Å²) in [5.74, 6) is 1.18. The lowest BCUT2D eigenvalue weighted by Crippen LogP contribution is -2.15. The SMILES string of the molecule is CC(C)(C)c1ccc(C(N)=NCc2ccccc2)cc1.CN=C(N)c1ccc(C(C)(C)C)cc1. The van der Waals surface area contributed by atoms with Crippen molar-refractivity contribution >= 4 is 11.7 Å². The van der Waals surface area contributed by atoms with Gasteiger partial charge in [0.1, 0.15) is 11.7 Å². The molecule has 34 heavy (non-hydrogen) atoms. The van der Waals surface area contributed by atoms with E-state index in [0.717, 1.165) is 11.1 Å². The zero-order valence-electron chi connectivity index (χ0n) is 21.8. The van der Waals surface area contributed by atoms with E-state index in [1.807, 2.05) is 42.5 Å². The van der Waals surface area contributed by atoms with E-state index >= 15 is 0 Å². The highest BCUT2D eigenvalue weighted by molar-refractivity contribution is 5.97. The third-order valence-corrected chi connectivity index (χ3v) is 5.61. The van der Waals surface area contributed by atoms with Crippen molar-refractivity contribution in [2.45, 2.75) is 58.9 Å². The molecule has 4 nitrogen and oxygen atoms in total. The second-order valence-electron chi connectivity index (χ2n) is 10.5. The standard InChI is InChI=1S/C18H22N2.C12H18N2/c1-18(2,3)16-11-9-15(10-12-16)17(19)20-13-14-7-5-4-6-8-14;1-12(2,3)10-7-5-9(6-8-10)11(13)14-4/h4-12H,13H2,1-3H3,(H2,19,20);5-8H,1-4H3,(H2,13,14). The Hall–Kier alpha value is -3.40. The minimum atomic E-state index is 0.161. The highest BCUT2D eigenvalue weighted by atomic mass is 14.8. The van der Waals surface area contributed by atoms with Gasteiger partial charge >= 0.3 is 0 Å². The van der Waals surface area contributed by atoms with Gasteiger partial charge in [-0.25, -0.2) is 0 Å². The van der Waals surface area contributed by atoms with Gasteiger partial charge in [0, 0.05) is 18.2 Å². The predicted molar refractivity (Wildman–Crippen MR) is 148 cm³/mol. The lowest BCUT2D eigenvalue weighted by atomic mass is 9.86. The van der Waals surface area contributed by atoms with E-state index in [1.54, 1.807) is 7.05 Å². The number of aliphatic imine (C=N–C) groups is 2. The monoisotopic (exact) mass is 456 g/mol. The quantitative estimate of drug-likeness (QED) is 0.362. The van der Waals surface area contributed by atoms with Crippen molar-refractivity contribution in [1.29, 1.82) is 0 Å². The van der Waals surface area contributed by atoms with Gasteiger partial charge in [0.15, 0.2) is 0 Å². The number of rotatable bonds is 4. The molecule has 0 heterocycles. The van der Waals surface area contributed by atoms with Crippen LogP contribution >= 0.6 is 0 Å². The number of hydrogen-bond donors (Lipinski definition) is 2. The van der Waals surface area contributed by atoms with Gasteiger partial charge in [-0.3, -0.25) is 9.98 Å². The fourth-order valence-electron chi connectivity index (χ4n) is 3.26. The first-order valence-electron chi connectivity index (χ1n) is 11.7. The molecular formula is C30H40N4. The van der Waals surface area contributed by atoms with Crippen LogP contribution in [0.4, 0.5) is 0 Å². The van der Waals surface area contributed by atoms with Crippen molar-refractivity contribution in [2.75, 3.05) is 7.05 Å². The fourth-order valence-corrected chi connectivity index (χ4v) is 3.26. The molecule has 0 fully saturated rings. The molecule has 0 aromatic heterocycles. The Balaban J connectivity index is 0.000000257. The van der Waals surface area contributed by atoms with E-state index in [2.05, 4.69) is 87.9 Å². The van der Waals surface area contributed by atoms with Crippen LogP contribution < -0.4 is 11.5 Å². The Morgan fingerprint density at radius 2 is 1.03 bits per heavy atom. The van der Waals surface area contributed by atoms with Crippen molar-refractivity contribution in [1.82, 2.24) is 0 Å². The Morgan fingerprint density at radius 3 is 1.41 bits per heavy atom. The summed E-state index contributed by atoms with van der Waals surface area (Å²) in [6, 6.07) is 26.7. The van der Waals surface area contributed by atoms with Crippen molar-refractivity contribution < 1.29 is 0 Å². The van der Waals surface area contributed by atoms with Gasteiger partial charge in [-0.2, -0.15) is 0 Å². The number of nitrogens with two attached hydrogens (primary N) is 2. The van der Waals surface area contributed by atoms with Crippen molar-refractivity contribution in [3.63, 3.8) is 0 Å². The minimum Gasteiger partial charge on any atom is -0.384 e. The Kier molecular flexibility index (Phi) is 9.19. The molecule has 3 aromatic carbocycles. The molecule has 180 valence electrons. The molecule has 0 aliphatic rings. The summed E-state index contributed by atoms with van der Waals surface area (Å²) in [7, 11) is 1.70. The second kappa shape index (κ2) is 11.6. The largest absolute Gasteiger partial charge is 0.384 e. The molecule has 4 heteroatoms. The van der Waals surface area contributed by atoms with Crippen molar-refractivity contribution in [3.05, 3.63) is 107 Å². The fraction of sp³-hybridized carbons (Fsp3) is 0.333. The summed E-state index contributed by atoms with van der Waals surface area (Å²) in [5.41, 5.74) is 17.9. The molecule has 0 saturated heterocycles. The van der Waals surface area contributed by atoms with Crippen LogP contribution in [0.2, 0.25) is 0 Å². The van der Waals surface area contributed by atoms with Gasteiger partial charge < -0.3 is 11.5 Å². The summed E-state index contributed by atoms with van der Waals surface area (Å²) >= 11 is 0. The highest BCUT2D eigenvalue weighted by Gasteiger charge is 2.14. The number of amidine groups is 2. The van der Waals surface area contributed by atoms with Gasteiger partial charge in [0.25, 0.3) is 0 Å². The van der Waals surface area contributed by atoms with Crippen LogP contribution in [0.25, 0.3) is 0 Å². The smallest absolute Gasteiger partial charge is 0.125 e. The molecule has 3 aromatic rings. The molecule has 0 aliphatic heterocycles. The first-order chi connectivity index (χ1) is 15.9. The van der Waals surface area contributed by atoms with E-state index in [0.29, 0.717) is 18.2 Å². The zero-order valence-corrected chi connectivity index (χ0v) is 21.8. The highest BCUT2D eigenvalue weighted by Crippen LogP contribution is 2.23. The third-order valence-electron chi connectivity index (χ3n) is 5.61. The maximum atomic E-state index is 6.05. The summed E-state index contributed by atoms with van der Waals surface area (Å²) in [4.78, 5) is 8.40. The van der Waals surface area contributed by atoms with Crippen LogP contribution in [0, 0.1) is 0 Å². The topological polar surface area (TPSA) is 76.8 Å². The average molecular weight is 457 g/mol. The van der Waals surface area contributed by atoms with Crippen LogP contribution in [0.5, 0.6) is 0 Å². The van der Waals surface area contributed by atoms with Gasteiger partial charge in [-0.15, -0.1) is 0 Å². The van der Waals surface area contributed by atoms with Crippen LogP contribution in [0.15, 0.2) is 88.8 Å². The molecule has 0 atom stereocenters. The molecule has 4 N–H and O–H groups in total. The van der Waals surface area contributed by atoms with Crippen LogP contribution in [-0.2, 0) is 17.4 Å². The summed E-state index contributed by atoms with van der Waals surface area (Å²) < 4.78 is 0. The van der Waals surface area contributed by atoms with Crippen LogP contribution in [-0.4, -0.2) is 18.7 Å². The summed E-state index contributed by atoms with van der Waals surface area (Å²) in [6.45, 7) is 13.8. The van der Waals surface area contributed by atoms with E-state index in [9.17, 15) is 0 Å². The van der Waals surface area contributed by atoms with E-state index in [4.69, 9.17) is 11.5 Å². The first kappa shape index (κ1) is 26.8. The second-order valence-corrected chi connectivity index (χ2v) is 10.5. The van der Waals surface area contributed by atoms with E-state index in [1.165, 1.54) is 16.7 Å². The van der Waals surface area contributed by atoms with Gasteiger partial charge in [0.05, 0.1) is 6.54 Å². The molecule has 0 bridgehead atoms. The van der Waals surface area contributed by atoms with Crippen molar-refractivity contribution in [3.8, 4) is 0 Å². The Bertz CT molecular complexity index is 1080. The van der Waals surface area contributed by atoms with Crippen LogP contribution in [0.3, 0.4) is 0 Å². The maximum Gasteiger partial charge on any atom is 0.125 e. The molecule has 0 amide bonds. The third kappa shape index (κ3) is 8.18. The molecule has 0 spiro atoms. The number of benzene rings is 3. The minimum absolute atomic E-state index is 0.161. The van der Waals surface area contributed by atoms with Crippen LogP contribution in [0.1, 0.15) is 69.4 Å². The first-order valence-corrected chi connectivity index (χ1v) is 11.7. The van der Waals surface area contributed by atoms with E-state index < -0.39 is 0 Å². The lowest BCUT2D eigenvalue weighted by Gasteiger charge is -2.19. The molecule has 0 aliphatic carbocycles. The number of nitrogens with zero attached hydrogens (tertiary/aromatic N) is 2. The van der Waals surface area contributed by atoms with Gasteiger partial charge in [-0.1, -0.05) is 120 Å². The molecule has 0 radical (unpaired) electrons. The van der Waals surface area contributed by atoms with Crippen molar-refractivity contribution in [2.24, 2.45) is 21.5 Å². The van der Waals surface area contributed by atoms with Gasteiger partial charge in [-0.05, 0) is 27.5 Å². The summed E-state index contributed by atoms with van der Waals surface area (Å²) in [5, 5.41) is 0. The molecule has 0 unspecified atom stereocenters. The van der Waals surface area contributed by atoms with E-state index in [-0.39, 0.29) is 10.8 Å². The average Bonchev–Trinajstić information content (AvgIpc) is 2.82. The summed E-state index contributed by atoms with van der Waals surface area (Å²) in [6.07, 6.45) is 0. The Labute approximate surface area is 205 Å². The maximum absolute atomic E-state index is 6.05. The molecule has 3 rings (SSSR count). The molecule has 0 saturated carbocycles. The lowest BCUT2D eigenvalue weighted by molar-refractivity contribution is 0.590.